The molecule has 1 rings (SSSR count). The standard InChI is InChI=1S/C13H19FN2O/c1-9-8-11(14)4-5-12(9)13(17)16(3)10(2)6-7-15/h4-5,8,10H,6-7,15H2,1-3H3. The molecule has 1 amide bonds. The number of hydrogen-bond donors (Lipinski definition) is 1. The van der Waals surface area contributed by atoms with Crippen LogP contribution in [0, 0.1) is 12.7 Å². The van der Waals surface area contributed by atoms with Crippen LogP contribution in [0.3, 0.4) is 0 Å². The number of aryl methyl sites for hydroxylation is 1. The van der Waals surface area contributed by atoms with E-state index >= 15 is 0 Å². The summed E-state index contributed by atoms with van der Waals surface area (Å²) >= 11 is 0. The molecule has 0 saturated heterocycles. The van der Waals surface area contributed by atoms with E-state index in [0.29, 0.717) is 17.7 Å². The third-order valence-electron chi connectivity index (χ3n) is 2.98. The van der Waals surface area contributed by atoms with Crippen molar-refractivity contribution in [2.45, 2.75) is 26.3 Å². The van der Waals surface area contributed by atoms with Crippen LogP contribution in [0.25, 0.3) is 0 Å². The first kappa shape index (κ1) is 13.6. The van der Waals surface area contributed by atoms with Crippen molar-refractivity contribution in [3.8, 4) is 0 Å². The second-order valence-electron chi connectivity index (χ2n) is 4.30. The van der Waals surface area contributed by atoms with Crippen LogP contribution in [-0.2, 0) is 0 Å². The van der Waals surface area contributed by atoms with Gasteiger partial charge in [0.25, 0.3) is 5.91 Å². The first-order chi connectivity index (χ1) is 7.97. The van der Waals surface area contributed by atoms with E-state index < -0.39 is 0 Å². The third-order valence-corrected chi connectivity index (χ3v) is 2.98. The quantitative estimate of drug-likeness (QED) is 0.871. The fourth-order valence-corrected chi connectivity index (χ4v) is 1.69. The minimum atomic E-state index is -0.322. The molecule has 0 fully saturated rings. The summed E-state index contributed by atoms with van der Waals surface area (Å²) in [4.78, 5) is 13.8. The minimum Gasteiger partial charge on any atom is -0.339 e. The average Bonchev–Trinajstić information content (AvgIpc) is 2.27. The Morgan fingerprint density at radius 1 is 1.53 bits per heavy atom. The van der Waals surface area contributed by atoms with Crippen molar-refractivity contribution in [2.75, 3.05) is 13.6 Å². The van der Waals surface area contributed by atoms with Crippen molar-refractivity contribution >= 4 is 5.91 Å². The highest BCUT2D eigenvalue weighted by molar-refractivity contribution is 5.95. The van der Waals surface area contributed by atoms with E-state index in [9.17, 15) is 9.18 Å². The van der Waals surface area contributed by atoms with E-state index in [1.165, 1.54) is 18.2 Å². The zero-order chi connectivity index (χ0) is 13.0. The Balaban J connectivity index is 2.88. The first-order valence-corrected chi connectivity index (χ1v) is 5.70. The van der Waals surface area contributed by atoms with Gasteiger partial charge in [-0.1, -0.05) is 0 Å². The van der Waals surface area contributed by atoms with Gasteiger partial charge >= 0.3 is 0 Å². The molecule has 0 spiro atoms. The zero-order valence-corrected chi connectivity index (χ0v) is 10.5. The molecule has 94 valence electrons. The molecule has 17 heavy (non-hydrogen) atoms. The maximum absolute atomic E-state index is 12.9. The predicted octanol–water partition coefficient (Wildman–Crippen LogP) is 1.94. The molecule has 0 saturated carbocycles. The summed E-state index contributed by atoms with van der Waals surface area (Å²) in [5.41, 5.74) is 6.66. The van der Waals surface area contributed by atoms with Crippen molar-refractivity contribution in [3.05, 3.63) is 35.1 Å². The number of benzene rings is 1. The smallest absolute Gasteiger partial charge is 0.254 e. The zero-order valence-electron chi connectivity index (χ0n) is 10.5. The Hall–Kier alpha value is -1.42. The maximum atomic E-state index is 12.9. The van der Waals surface area contributed by atoms with Gasteiger partial charge in [-0.3, -0.25) is 4.79 Å². The van der Waals surface area contributed by atoms with Gasteiger partial charge in [0, 0.05) is 18.7 Å². The largest absolute Gasteiger partial charge is 0.339 e. The Kier molecular flexibility index (Phi) is 4.63. The second kappa shape index (κ2) is 5.77. The molecular formula is C13H19FN2O. The lowest BCUT2D eigenvalue weighted by molar-refractivity contribution is 0.0738. The van der Waals surface area contributed by atoms with Gasteiger partial charge in [-0.05, 0) is 50.6 Å². The molecule has 1 atom stereocenters. The minimum absolute atomic E-state index is 0.0805. The predicted molar refractivity (Wildman–Crippen MR) is 66.4 cm³/mol. The Morgan fingerprint density at radius 2 is 2.18 bits per heavy atom. The maximum Gasteiger partial charge on any atom is 0.254 e. The summed E-state index contributed by atoms with van der Waals surface area (Å²) in [5.74, 6) is -0.417. The summed E-state index contributed by atoms with van der Waals surface area (Å²) in [6.45, 7) is 4.22. The van der Waals surface area contributed by atoms with Crippen molar-refractivity contribution in [2.24, 2.45) is 5.73 Å². The summed E-state index contributed by atoms with van der Waals surface area (Å²) in [5, 5.41) is 0. The lowest BCUT2D eigenvalue weighted by Gasteiger charge is -2.25. The van der Waals surface area contributed by atoms with Crippen molar-refractivity contribution < 1.29 is 9.18 Å². The van der Waals surface area contributed by atoms with Crippen LogP contribution < -0.4 is 5.73 Å². The van der Waals surface area contributed by atoms with Crippen molar-refractivity contribution in [1.82, 2.24) is 4.90 Å². The molecule has 0 heterocycles. The summed E-state index contributed by atoms with van der Waals surface area (Å²) < 4.78 is 12.9. The third kappa shape index (κ3) is 3.27. The van der Waals surface area contributed by atoms with Gasteiger partial charge in [-0.2, -0.15) is 0 Å². The monoisotopic (exact) mass is 238 g/mol. The Morgan fingerprint density at radius 3 is 2.71 bits per heavy atom. The molecule has 0 aliphatic carbocycles. The van der Waals surface area contributed by atoms with Crippen LogP contribution in [0.2, 0.25) is 0 Å². The molecule has 2 N–H and O–H groups in total. The van der Waals surface area contributed by atoms with Gasteiger partial charge in [0.15, 0.2) is 0 Å². The number of nitrogens with two attached hydrogens (primary N) is 1. The fraction of sp³-hybridized carbons (Fsp3) is 0.462. The number of rotatable bonds is 4. The Labute approximate surface area is 101 Å². The summed E-state index contributed by atoms with van der Waals surface area (Å²) in [6, 6.07) is 4.28. The molecule has 0 aliphatic rings. The van der Waals surface area contributed by atoms with Gasteiger partial charge < -0.3 is 10.6 Å². The second-order valence-corrected chi connectivity index (χ2v) is 4.30. The molecule has 0 aliphatic heterocycles. The number of nitrogens with zero attached hydrogens (tertiary/aromatic N) is 1. The van der Waals surface area contributed by atoms with E-state index in [1.54, 1.807) is 18.9 Å². The van der Waals surface area contributed by atoms with Crippen LogP contribution in [0.5, 0.6) is 0 Å². The molecule has 1 aromatic rings. The molecule has 1 unspecified atom stereocenters. The van der Waals surface area contributed by atoms with Crippen LogP contribution in [0.4, 0.5) is 4.39 Å². The SMILES string of the molecule is Cc1cc(F)ccc1C(=O)N(C)C(C)CCN. The van der Waals surface area contributed by atoms with E-state index in [0.717, 1.165) is 6.42 Å². The number of halogens is 1. The summed E-state index contributed by atoms with van der Waals surface area (Å²) in [6.07, 6.45) is 0.752. The Bertz CT molecular complexity index is 406. The topological polar surface area (TPSA) is 46.3 Å². The molecule has 0 radical (unpaired) electrons. The fourth-order valence-electron chi connectivity index (χ4n) is 1.69. The highest BCUT2D eigenvalue weighted by Gasteiger charge is 2.18. The number of amides is 1. The molecule has 0 bridgehead atoms. The number of carbonyl (C=O) groups excluding carboxylic acids is 1. The van der Waals surface area contributed by atoms with E-state index in [1.807, 2.05) is 6.92 Å². The summed E-state index contributed by atoms with van der Waals surface area (Å²) in [7, 11) is 1.74. The van der Waals surface area contributed by atoms with Crippen LogP contribution in [-0.4, -0.2) is 30.4 Å². The van der Waals surface area contributed by atoms with Crippen molar-refractivity contribution in [1.29, 1.82) is 0 Å². The first-order valence-electron chi connectivity index (χ1n) is 5.70. The van der Waals surface area contributed by atoms with Crippen molar-refractivity contribution in [3.63, 3.8) is 0 Å². The van der Waals surface area contributed by atoms with E-state index in [-0.39, 0.29) is 17.8 Å². The average molecular weight is 238 g/mol. The molecule has 0 aromatic heterocycles. The van der Waals surface area contributed by atoms with Gasteiger partial charge in [-0.15, -0.1) is 0 Å². The van der Waals surface area contributed by atoms with E-state index in [4.69, 9.17) is 5.73 Å². The van der Waals surface area contributed by atoms with Gasteiger partial charge in [-0.25, -0.2) is 4.39 Å². The number of carbonyl (C=O) groups is 1. The van der Waals surface area contributed by atoms with E-state index in [2.05, 4.69) is 0 Å². The lowest BCUT2D eigenvalue weighted by Crippen LogP contribution is -2.36. The lowest BCUT2D eigenvalue weighted by atomic mass is 10.1. The highest BCUT2D eigenvalue weighted by Crippen LogP contribution is 2.14. The molecule has 1 aromatic carbocycles. The molecule has 4 heteroatoms. The molecular weight excluding hydrogens is 219 g/mol. The van der Waals surface area contributed by atoms with Crippen LogP contribution in [0.1, 0.15) is 29.3 Å². The van der Waals surface area contributed by atoms with Gasteiger partial charge in [0.2, 0.25) is 0 Å². The number of hydrogen-bond acceptors (Lipinski definition) is 2. The van der Waals surface area contributed by atoms with Crippen LogP contribution >= 0.6 is 0 Å². The highest BCUT2D eigenvalue weighted by atomic mass is 19.1. The van der Waals surface area contributed by atoms with Gasteiger partial charge in [0.05, 0.1) is 0 Å². The van der Waals surface area contributed by atoms with Crippen LogP contribution in [0.15, 0.2) is 18.2 Å². The normalized spacial score (nSPS) is 12.3. The van der Waals surface area contributed by atoms with Gasteiger partial charge in [0.1, 0.15) is 5.82 Å². The molecule has 3 nitrogen and oxygen atoms in total.